The van der Waals surface area contributed by atoms with Gasteiger partial charge in [-0.2, -0.15) is 4.98 Å². The van der Waals surface area contributed by atoms with Gasteiger partial charge < -0.3 is 20.3 Å². The van der Waals surface area contributed by atoms with E-state index in [-0.39, 0.29) is 17.9 Å². The molecule has 1 spiro atoms. The Morgan fingerprint density at radius 1 is 0.950 bits per heavy atom. The smallest absolute Gasteiger partial charge is 0.244 e. The first-order valence-electron chi connectivity index (χ1n) is 14.9. The van der Waals surface area contributed by atoms with Crippen molar-refractivity contribution in [2.75, 3.05) is 61.1 Å². The van der Waals surface area contributed by atoms with Crippen LogP contribution in [0.3, 0.4) is 0 Å². The lowest BCUT2D eigenvalue weighted by molar-refractivity contribution is -0.140. The number of carbonyl (C=O) groups excluding carboxylic acids is 2. The second-order valence-corrected chi connectivity index (χ2v) is 11.8. The summed E-state index contributed by atoms with van der Waals surface area (Å²) in [4.78, 5) is 47.5. The van der Waals surface area contributed by atoms with Gasteiger partial charge in [-0.25, -0.2) is 9.97 Å². The summed E-state index contributed by atoms with van der Waals surface area (Å²) in [6, 6.07) is 4.78. The number of amides is 2. The van der Waals surface area contributed by atoms with Crippen LogP contribution in [-0.2, 0) is 20.7 Å². The van der Waals surface area contributed by atoms with Crippen LogP contribution in [0.4, 0.5) is 23.3 Å². The lowest BCUT2D eigenvalue weighted by Crippen LogP contribution is -2.56. The molecule has 11 heteroatoms. The predicted molar refractivity (Wildman–Crippen MR) is 151 cm³/mol. The quantitative estimate of drug-likeness (QED) is 0.545. The number of fused-ring (bicyclic) bond motifs is 1. The van der Waals surface area contributed by atoms with E-state index in [2.05, 4.69) is 36.5 Å². The molecule has 1 atom stereocenters. The van der Waals surface area contributed by atoms with Crippen LogP contribution in [-0.4, -0.2) is 89.7 Å². The number of anilines is 4. The van der Waals surface area contributed by atoms with E-state index in [0.29, 0.717) is 43.0 Å². The van der Waals surface area contributed by atoms with Crippen LogP contribution in [0.25, 0.3) is 0 Å². The van der Waals surface area contributed by atoms with Crippen molar-refractivity contribution >= 4 is 35.1 Å². The van der Waals surface area contributed by atoms with Gasteiger partial charge in [0.15, 0.2) is 0 Å². The molecule has 40 heavy (non-hydrogen) atoms. The number of hydrogen-bond donors (Lipinski definition) is 2. The van der Waals surface area contributed by atoms with Crippen LogP contribution in [0, 0.1) is 5.41 Å². The number of piperidine rings is 1. The Morgan fingerprint density at radius 2 is 1.75 bits per heavy atom. The van der Waals surface area contributed by atoms with Gasteiger partial charge in [0.1, 0.15) is 17.1 Å². The van der Waals surface area contributed by atoms with E-state index < -0.39 is 5.41 Å². The maximum atomic E-state index is 13.8. The summed E-state index contributed by atoms with van der Waals surface area (Å²) in [5.41, 5.74) is 0.954. The summed E-state index contributed by atoms with van der Waals surface area (Å²) in [5.74, 6) is 1.44. The van der Waals surface area contributed by atoms with Crippen LogP contribution in [0.1, 0.15) is 50.5 Å². The van der Waals surface area contributed by atoms with Crippen LogP contribution in [0.15, 0.2) is 24.5 Å². The molecule has 1 aliphatic carbocycles. The molecule has 6 heterocycles. The van der Waals surface area contributed by atoms with Crippen molar-refractivity contribution in [3.05, 3.63) is 30.1 Å². The lowest BCUT2D eigenvalue weighted by atomic mass is 9.76. The molecular formula is C29H38N8O3. The highest BCUT2D eigenvalue weighted by Gasteiger charge is 2.56. The van der Waals surface area contributed by atoms with Crippen molar-refractivity contribution in [3.8, 4) is 0 Å². The number of aromatic nitrogens is 3. The largest absolute Gasteiger partial charge is 0.379 e. The molecule has 2 aromatic heterocycles. The Bertz CT molecular complexity index is 1250. The fourth-order valence-electron chi connectivity index (χ4n) is 7.26. The normalized spacial score (nSPS) is 26.4. The number of nitrogens with one attached hydrogen (secondary N) is 2. The van der Waals surface area contributed by atoms with Gasteiger partial charge in [-0.15, -0.1) is 0 Å². The third-order valence-corrected chi connectivity index (χ3v) is 9.53. The number of ether oxygens (including phenoxy) is 1. The summed E-state index contributed by atoms with van der Waals surface area (Å²) < 4.78 is 5.51. The SMILES string of the molecule is O=C1NCC[C@@]12Cc1cnc(Nc3ccc(N4CCC(N5CCOCC5)CC4)cn3)nc1N(C1CCCC1)C2=O. The third-order valence-electron chi connectivity index (χ3n) is 9.53. The van der Waals surface area contributed by atoms with Crippen molar-refractivity contribution in [3.63, 3.8) is 0 Å². The van der Waals surface area contributed by atoms with Gasteiger partial charge in [0, 0.05) is 63.0 Å². The minimum atomic E-state index is -1.03. The Hall–Kier alpha value is -3.31. The molecule has 0 aromatic carbocycles. The maximum absolute atomic E-state index is 13.8. The van der Waals surface area contributed by atoms with Gasteiger partial charge in [0.05, 0.1) is 25.1 Å². The molecule has 0 unspecified atom stereocenters. The Kier molecular flexibility index (Phi) is 6.79. The maximum Gasteiger partial charge on any atom is 0.244 e. The summed E-state index contributed by atoms with van der Waals surface area (Å²) in [5, 5.41) is 6.13. The van der Waals surface area contributed by atoms with Gasteiger partial charge >= 0.3 is 0 Å². The van der Waals surface area contributed by atoms with Crippen molar-refractivity contribution in [2.45, 2.75) is 63.5 Å². The summed E-state index contributed by atoms with van der Waals surface area (Å²) in [6.07, 6.45) is 10.9. The molecule has 7 rings (SSSR count). The van der Waals surface area contributed by atoms with Crippen LogP contribution >= 0.6 is 0 Å². The van der Waals surface area contributed by atoms with Crippen LogP contribution in [0.5, 0.6) is 0 Å². The molecule has 2 N–H and O–H groups in total. The Morgan fingerprint density at radius 3 is 2.45 bits per heavy atom. The molecule has 2 amide bonds. The fourth-order valence-corrected chi connectivity index (χ4v) is 7.26. The highest BCUT2D eigenvalue weighted by molar-refractivity contribution is 6.14. The molecule has 212 valence electrons. The minimum Gasteiger partial charge on any atom is -0.379 e. The summed E-state index contributed by atoms with van der Waals surface area (Å²) >= 11 is 0. The summed E-state index contributed by atoms with van der Waals surface area (Å²) in [7, 11) is 0. The zero-order valence-electron chi connectivity index (χ0n) is 23.0. The number of hydrogen-bond acceptors (Lipinski definition) is 9. The highest BCUT2D eigenvalue weighted by atomic mass is 16.5. The van der Waals surface area contributed by atoms with Gasteiger partial charge in [-0.3, -0.25) is 19.4 Å². The number of morpholine rings is 1. The van der Waals surface area contributed by atoms with Crippen molar-refractivity contribution in [1.29, 1.82) is 0 Å². The van der Waals surface area contributed by atoms with E-state index in [0.717, 1.165) is 89.2 Å². The second-order valence-electron chi connectivity index (χ2n) is 11.8. The van der Waals surface area contributed by atoms with Gasteiger partial charge in [0.2, 0.25) is 17.8 Å². The zero-order valence-corrected chi connectivity index (χ0v) is 23.0. The molecular weight excluding hydrogens is 508 g/mol. The average Bonchev–Trinajstić information content (AvgIpc) is 3.66. The number of nitrogens with zero attached hydrogens (tertiary/aromatic N) is 6. The first kappa shape index (κ1) is 25.6. The predicted octanol–water partition coefficient (Wildman–Crippen LogP) is 2.25. The molecule has 4 aliphatic heterocycles. The van der Waals surface area contributed by atoms with E-state index in [4.69, 9.17) is 9.72 Å². The number of carbonyl (C=O) groups is 2. The Labute approximate surface area is 234 Å². The highest BCUT2D eigenvalue weighted by Crippen LogP contribution is 2.44. The first-order valence-corrected chi connectivity index (χ1v) is 14.9. The molecule has 11 nitrogen and oxygen atoms in total. The average molecular weight is 547 g/mol. The lowest BCUT2D eigenvalue weighted by Gasteiger charge is -2.40. The third kappa shape index (κ3) is 4.58. The zero-order chi connectivity index (χ0) is 27.1. The second kappa shape index (κ2) is 10.6. The molecule has 5 aliphatic rings. The number of pyridine rings is 1. The van der Waals surface area contributed by atoms with Crippen molar-refractivity contribution in [2.24, 2.45) is 5.41 Å². The standard InChI is InChI=1S/C29H38N8O3/c38-26-29(9-10-30-26)17-20-18-32-28(34-25(20)37(27(29)39)22-3-1-2-4-22)33-24-6-5-23(19-31-24)35-11-7-21(8-12-35)36-13-15-40-16-14-36/h5-6,18-19,21-22H,1-4,7-17H2,(H,30,38)(H,31,32,33,34)/t29-/m1/s1. The molecule has 1 saturated carbocycles. The summed E-state index contributed by atoms with van der Waals surface area (Å²) in [6.45, 7) is 6.36. The van der Waals surface area contributed by atoms with Gasteiger partial charge in [0.25, 0.3) is 0 Å². The number of rotatable bonds is 5. The van der Waals surface area contributed by atoms with Crippen molar-refractivity contribution < 1.29 is 14.3 Å². The molecule has 2 aromatic rings. The topological polar surface area (TPSA) is 116 Å². The van der Waals surface area contributed by atoms with E-state index >= 15 is 0 Å². The first-order chi connectivity index (χ1) is 19.6. The minimum absolute atomic E-state index is 0.0735. The van der Waals surface area contributed by atoms with Gasteiger partial charge in [-0.1, -0.05) is 12.8 Å². The molecule has 0 radical (unpaired) electrons. The fraction of sp³-hybridized carbons (Fsp3) is 0.621. The molecule has 4 fully saturated rings. The monoisotopic (exact) mass is 546 g/mol. The van der Waals surface area contributed by atoms with Crippen LogP contribution in [0.2, 0.25) is 0 Å². The molecule has 0 bridgehead atoms. The van der Waals surface area contributed by atoms with E-state index in [1.165, 1.54) is 0 Å². The van der Waals surface area contributed by atoms with Gasteiger partial charge in [-0.05, 0) is 44.2 Å². The van der Waals surface area contributed by atoms with Crippen LogP contribution < -0.4 is 20.4 Å². The van der Waals surface area contributed by atoms with E-state index in [9.17, 15) is 9.59 Å². The molecule has 3 saturated heterocycles. The Balaban J connectivity index is 1.05. The van der Waals surface area contributed by atoms with E-state index in [1.807, 2.05) is 17.2 Å². The van der Waals surface area contributed by atoms with Crippen molar-refractivity contribution in [1.82, 2.24) is 25.2 Å². The van der Waals surface area contributed by atoms with E-state index in [1.54, 1.807) is 6.20 Å².